The lowest BCUT2D eigenvalue weighted by Gasteiger charge is -2.33. The molecule has 8 heteroatoms. The Morgan fingerprint density at radius 2 is 1.11 bits per heavy atom. The number of carbonyl (C=O) groups is 2. The predicted molar refractivity (Wildman–Crippen MR) is 114 cm³/mol. The van der Waals surface area contributed by atoms with Crippen molar-refractivity contribution in [3.63, 3.8) is 0 Å². The van der Waals surface area contributed by atoms with E-state index < -0.39 is 0 Å². The first-order valence-electron chi connectivity index (χ1n) is 8.87. The molecule has 1 aliphatic carbocycles. The molecule has 4 nitrogen and oxygen atoms in total. The molecule has 1 aliphatic rings. The van der Waals surface area contributed by atoms with Crippen molar-refractivity contribution in [1.82, 2.24) is 10.6 Å². The normalized spacial score (nSPS) is 19.1. The van der Waals surface area contributed by atoms with Gasteiger partial charge in [0, 0.05) is 22.1 Å². The molecule has 28 heavy (non-hydrogen) atoms. The minimum Gasteiger partial charge on any atom is -0.347 e. The van der Waals surface area contributed by atoms with Crippen LogP contribution in [0, 0.1) is 0 Å². The van der Waals surface area contributed by atoms with Crippen LogP contribution in [0.2, 0.25) is 20.1 Å². The van der Waals surface area contributed by atoms with Gasteiger partial charge in [0.05, 0.1) is 21.2 Å². The fourth-order valence-corrected chi connectivity index (χ4v) is 4.30. The number of rotatable bonds is 4. The van der Waals surface area contributed by atoms with Crippen LogP contribution in [0.25, 0.3) is 0 Å². The zero-order valence-electron chi connectivity index (χ0n) is 14.8. The first-order valence-corrected chi connectivity index (χ1v) is 10.4. The minimum atomic E-state index is -0.294. The third kappa shape index (κ3) is 5.12. The Kier molecular flexibility index (Phi) is 7.10. The summed E-state index contributed by atoms with van der Waals surface area (Å²) in [5, 5.41) is 7.48. The highest BCUT2D eigenvalue weighted by atomic mass is 35.5. The van der Waals surface area contributed by atoms with Gasteiger partial charge in [-0.25, -0.2) is 0 Å². The van der Waals surface area contributed by atoms with Crippen LogP contribution in [-0.2, 0) is 0 Å². The third-order valence-corrected chi connectivity index (χ3v) is 5.85. The highest BCUT2D eigenvalue weighted by Crippen LogP contribution is 2.25. The molecule has 2 atom stereocenters. The van der Waals surface area contributed by atoms with Crippen molar-refractivity contribution in [2.45, 2.75) is 37.8 Å². The van der Waals surface area contributed by atoms with Gasteiger partial charge in [0.25, 0.3) is 11.8 Å². The summed E-state index contributed by atoms with van der Waals surface area (Å²) in [5.41, 5.74) is 0.699. The first-order chi connectivity index (χ1) is 13.3. The lowest BCUT2D eigenvalue weighted by molar-refractivity contribution is 0.0863. The van der Waals surface area contributed by atoms with Crippen LogP contribution >= 0.6 is 46.4 Å². The summed E-state index contributed by atoms with van der Waals surface area (Å²) in [6.45, 7) is 0. The molecule has 2 aromatic carbocycles. The summed E-state index contributed by atoms with van der Waals surface area (Å²) in [5.74, 6) is -0.588. The van der Waals surface area contributed by atoms with Crippen molar-refractivity contribution in [1.29, 1.82) is 0 Å². The zero-order chi connectivity index (χ0) is 20.3. The highest BCUT2D eigenvalue weighted by molar-refractivity contribution is 6.37. The SMILES string of the molecule is O=C(N[C@H]1CCCC[C@@H]1NC(=O)c1ccc(Cl)cc1Cl)c1ccc(Cl)cc1Cl. The Labute approximate surface area is 183 Å². The summed E-state index contributed by atoms with van der Waals surface area (Å²) in [7, 11) is 0. The molecule has 0 heterocycles. The van der Waals surface area contributed by atoms with E-state index in [0.29, 0.717) is 21.2 Å². The van der Waals surface area contributed by atoms with E-state index in [9.17, 15) is 9.59 Å². The van der Waals surface area contributed by atoms with Gasteiger partial charge in [0.2, 0.25) is 0 Å². The van der Waals surface area contributed by atoms with Gasteiger partial charge in [-0.1, -0.05) is 59.2 Å². The number of halogens is 4. The van der Waals surface area contributed by atoms with Crippen LogP contribution in [0.5, 0.6) is 0 Å². The van der Waals surface area contributed by atoms with Crippen LogP contribution in [0.3, 0.4) is 0 Å². The molecule has 2 aromatic rings. The Morgan fingerprint density at radius 3 is 1.46 bits per heavy atom. The molecule has 0 unspecified atom stereocenters. The van der Waals surface area contributed by atoms with E-state index in [0.717, 1.165) is 25.7 Å². The van der Waals surface area contributed by atoms with E-state index in [2.05, 4.69) is 10.6 Å². The molecule has 2 amide bonds. The number of nitrogens with one attached hydrogen (secondary N) is 2. The molecule has 0 bridgehead atoms. The van der Waals surface area contributed by atoms with Gasteiger partial charge in [0.1, 0.15) is 0 Å². The molecule has 148 valence electrons. The average molecular weight is 460 g/mol. The molecule has 0 aromatic heterocycles. The number of benzene rings is 2. The Balaban J connectivity index is 1.71. The molecule has 0 saturated heterocycles. The Bertz CT molecular complexity index is 830. The van der Waals surface area contributed by atoms with E-state index in [1.165, 1.54) is 12.1 Å². The fourth-order valence-electron chi connectivity index (χ4n) is 3.32. The molecule has 0 aliphatic heterocycles. The summed E-state index contributed by atoms with van der Waals surface area (Å²) in [4.78, 5) is 25.3. The summed E-state index contributed by atoms with van der Waals surface area (Å²) < 4.78 is 0. The number of amides is 2. The molecule has 0 radical (unpaired) electrons. The molecule has 3 rings (SSSR count). The van der Waals surface area contributed by atoms with Gasteiger partial charge in [-0.3, -0.25) is 9.59 Å². The van der Waals surface area contributed by atoms with Crippen molar-refractivity contribution < 1.29 is 9.59 Å². The van der Waals surface area contributed by atoms with E-state index in [1.54, 1.807) is 24.3 Å². The first kappa shape index (κ1) is 21.3. The van der Waals surface area contributed by atoms with Crippen molar-refractivity contribution in [2.75, 3.05) is 0 Å². The lowest BCUT2D eigenvalue weighted by Crippen LogP contribution is -2.53. The number of hydrogen-bond donors (Lipinski definition) is 2. The maximum atomic E-state index is 12.7. The standard InChI is InChI=1S/C20H18Cl4N2O2/c21-11-5-7-13(15(23)9-11)19(27)25-17-3-1-2-4-18(17)26-20(28)14-8-6-12(22)10-16(14)24/h5-10,17-18H,1-4H2,(H,25,27)(H,26,28)/t17-,18-/m0/s1. The van der Waals surface area contributed by atoms with Gasteiger partial charge in [-0.2, -0.15) is 0 Å². The molecular weight excluding hydrogens is 442 g/mol. The van der Waals surface area contributed by atoms with E-state index in [1.807, 2.05) is 0 Å². The highest BCUT2D eigenvalue weighted by Gasteiger charge is 2.29. The maximum Gasteiger partial charge on any atom is 0.253 e. The van der Waals surface area contributed by atoms with Gasteiger partial charge in [-0.15, -0.1) is 0 Å². The second kappa shape index (κ2) is 9.36. The minimum absolute atomic E-state index is 0.206. The lowest BCUT2D eigenvalue weighted by atomic mass is 9.89. The average Bonchev–Trinajstić information content (AvgIpc) is 2.63. The third-order valence-electron chi connectivity index (χ3n) is 4.75. The quantitative estimate of drug-likeness (QED) is 0.609. The van der Waals surface area contributed by atoms with E-state index >= 15 is 0 Å². The van der Waals surface area contributed by atoms with Crippen LogP contribution in [0.15, 0.2) is 36.4 Å². The maximum absolute atomic E-state index is 12.7. The molecule has 0 spiro atoms. The van der Waals surface area contributed by atoms with Crippen LogP contribution < -0.4 is 10.6 Å². The number of hydrogen-bond acceptors (Lipinski definition) is 2. The Morgan fingerprint density at radius 1 is 0.714 bits per heavy atom. The van der Waals surface area contributed by atoms with E-state index in [4.69, 9.17) is 46.4 Å². The van der Waals surface area contributed by atoms with Gasteiger partial charge >= 0.3 is 0 Å². The summed E-state index contributed by atoms with van der Waals surface area (Å²) in [6.07, 6.45) is 3.45. The molecule has 2 N–H and O–H groups in total. The smallest absolute Gasteiger partial charge is 0.253 e. The van der Waals surface area contributed by atoms with Gasteiger partial charge in [-0.05, 0) is 49.2 Å². The fraction of sp³-hybridized carbons (Fsp3) is 0.300. The second-order valence-corrected chi connectivity index (χ2v) is 8.38. The second-order valence-electron chi connectivity index (χ2n) is 6.69. The predicted octanol–water partition coefficient (Wildman–Crippen LogP) is 5.77. The van der Waals surface area contributed by atoms with Crippen molar-refractivity contribution in [2.24, 2.45) is 0 Å². The van der Waals surface area contributed by atoms with Crippen molar-refractivity contribution in [3.8, 4) is 0 Å². The van der Waals surface area contributed by atoms with Crippen LogP contribution in [0.4, 0.5) is 0 Å². The zero-order valence-corrected chi connectivity index (χ0v) is 17.8. The largest absolute Gasteiger partial charge is 0.347 e. The summed E-state index contributed by atoms with van der Waals surface area (Å²) in [6, 6.07) is 9.05. The number of carbonyl (C=O) groups excluding carboxylic acids is 2. The van der Waals surface area contributed by atoms with E-state index in [-0.39, 0.29) is 33.9 Å². The van der Waals surface area contributed by atoms with Crippen LogP contribution in [0.1, 0.15) is 46.4 Å². The van der Waals surface area contributed by atoms with Gasteiger partial charge in [0.15, 0.2) is 0 Å². The van der Waals surface area contributed by atoms with Gasteiger partial charge < -0.3 is 10.6 Å². The molecule has 1 saturated carbocycles. The topological polar surface area (TPSA) is 58.2 Å². The van der Waals surface area contributed by atoms with Crippen molar-refractivity contribution in [3.05, 3.63) is 67.6 Å². The monoisotopic (exact) mass is 458 g/mol. The molecular formula is C20H18Cl4N2O2. The van der Waals surface area contributed by atoms with Crippen LogP contribution in [-0.4, -0.2) is 23.9 Å². The Hall–Kier alpha value is -1.46. The van der Waals surface area contributed by atoms with Crippen molar-refractivity contribution >= 4 is 58.2 Å². The summed E-state index contributed by atoms with van der Waals surface area (Å²) >= 11 is 24.0. The molecule has 1 fully saturated rings.